The molecule has 0 aliphatic heterocycles. The second-order valence-electron chi connectivity index (χ2n) is 7.76. The Hall–Kier alpha value is -2.31. The van der Waals surface area contributed by atoms with Crippen molar-refractivity contribution in [2.45, 2.75) is 50.6 Å². The van der Waals surface area contributed by atoms with Crippen LogP contribution in [0.4, 0.5) is 30.7 Å². The van der Waals surface area contributed by atoms with Crippen LogP contribution in [0.2, 0.25) is 0 Å². The van der Waals surface area contributed by atoms with Gasteiger partial charge < -0.3 is 0 Å². The van der Waals surface area contributed by atoms with E-state index in [9.17, 15) is 30.7 Å². The molecule has 0 heterocycles. The number of rotatable bonds is 5. The zero-order valence-electron chi connectivity index (χ0n) is 16.1. The smallest absolute Gasteiger partial charge is 0.206 e. The Bertz CT molecular complexity index is 876. The minimum atomic E-state index is -5.25. The van der Waals surface area contributed by atoms with Crippen LogP contribution in [0.5, 0.6) is 0 Å². The molecule has 3 rings (SSSR count). The van der Waals surface area contributed by atoms with E-state index in [2.05, 4.69) is 6.58 Å². The molecular weight excluding hydrogens is 409 g/mol. The lowest BCUT2D eigenvalue weighted by molar-refractivity contribution is -0.142. The van der Waals surface area contributed by atoms with Crippen LogP contribution in [-0.2, 0) is 6.18 Å². The third-order valence-corrected chi connectivity index (χ3v) is 5.78. The Balaban J connectivity index is 1.87. The Labute approximate surface area is 170 Å². The van der Waals surface area contributed by atoms with Gasteiger partial charge in [0.1, 0.15) is 28.8 Å². The Morgan fingerprint density at radius 1 is 0.833 bits per heavy atom. The highest BCUT2D eigenvalue weighted by atomic mass is 19.4. The lowest BCUT2D eigenvalue weighted by Crippen LogP contribution is -2.14. The standard InChI is InChI=1S/C23H21F7/c1-2-3-4-13-5-7-14(8-6-13)15-9-17(24)21(18(25)10-15)16-11-19(26)22(20(27)12-16)23(28,29)30/h2,9-14H,1,3-8H2. The SMILES string of the molecule is C=CCCC1CCC(c2cc(F)c(-c3cc(F)c(C(F)(F)F)c(F)c3)c(F)c2)CC1. The summed E-state index contributed by atoms with van der Waals surface area (Å²) in [5.74, 6) is -5.44. The van der Waals surface area contributed by atoms with Crippen molar-refractivity contribution >= 4 is 0 Å². The van der Waals surface area contributed by atoms with Crippen LogP contribution in [0.25, 0.3) is 11.1 Å². The first kappa shape index (κ1) is 22.4. The molecule has 162 valence electrons. The molecule has 1 aliphatic carbocycles. The molecule has 0 radical (unpaired) electrons. The maximum absolute atomic E-state index is 14.7. The molecule has 0 amide bonds. The van der Waals surface area contributed by atoms with Crippen molar-refractivity contribution in [2.75, 3.05) is 0 Å². The molecule has 1 aliphatic rings. The topological polar surface area (TPSA) is 0 Å². The number of alkyl halides is 3. The van der Waals surface area contributed by atoms with Crippen molar-refractivity contribution < 1.29 is 30.7 Å². The summed E-state index contributed by atoms with van der Waals surface area (Å²) in [7, 11) is 0. The van der Waals surface area contributed by atoms with Crippen LogP contribution < -0.4 is 0 Å². The van der Waals surface area contributed by atoms with Gasteiger partial charge in [-0.05, 0) is 85.8 Å². The first-order valence-corrected chi connectivity index (χ1v) is 9.78. The maximum Gasteiger partial charge on any atom is 0.422 e. The quantitative estimate of drug-likeness (QED) is 0.332. The van der Waals surface area contributed by atoms with E-state index in [-0.39, 0.29) is 5.92 Å². The van der Waals surface area contributed by atoms with Gasteiger partial charge in [-0.3, -0.25) is 0 Å². The van der Waals surface area contributed by atoms with E-state index in [1.165, 1.54) is 0 Å². The summed E-state index contributed by atoms with van der Waals surface area (Å²) in [6.45, 7) is 3.70. The van der Waals surface area contributed by atoms with Gasteiger partial charge in [0.05, 0.1) is 5.56 Å². The Morgan fingerprint density at radius 2 is 1.37 bits per heavy atom. The Morgan fingerprint density at radius 3 is 1.83 bits per heavy atom. The van der Waals surface area contributed by atoms with E-state index in [4.69, 9.17) is 0 Å². The van der Waals surface area contributed by atoms with Gasteiger partial charge in [0, 0.05) is 0 Å². The summed E-state index contributed by atoms with van der Waals surface area (Å²) in [4.78, 5) is 0. The molecule has 1 fully saturated rings. The van der Waals surface area contributed by atoms with E-state index in [0.717, 1.165) is 50.7 Å². The number of hydrogen-bond donors (Lipinski definition) is 0. The molecule has 1 saturated carbocycles. The average molecular weight is 430 g/mol. The predicted molar refractivity (Wildman–Crippen MR) is 101 cm³/mol. The van der Waals surface area contributed by atoms with Crippen LogP contribution in [0.1, 0.15) is 55.6 Å². The van der Waals surface area contributed by atoms with Crippen LogP contribution in [0.15, 0.2) is 36.9 Å². The van der Waals surface area contributed by atoms with E-state index in [1.54, 1.807) is 0 Å². The molecule has 0 aromatic heterocycles. The maximum atomic E-state index is 14.7. The van der Waals surface area contributed by atoms with Crippen molar-refractivity contribution in [1.82, 2.24) is 0 Å². The molecule has 0 atom stereocenters. The second-order valence-corrected chi connectivity index (χ2v) is 7.76. The number of halogens is 7. The van der Waals surface area contributed by atoms with Gasteiger partial charge in [-0.25, -0.2) is 17.6 Å². The molecule has 0 saturated heterocycles. The van der Waals surface area contributed by atoms with Crippen LogP contribution >= 0.6 is 0 Å². The van der Waals surface area contributed by atoms with Gasteiger partial charge in [0.2, 0.25) is 0 Å². The summed E-state index contributed by atoms with van der Waals surface area (Å²) >= 11 is 0. The fourth-order valence-corrected chi connectivity index (χ4v) is 4.23. The number of allylic oxidation sites excluding steroid dienone is 1. The molecule has 0 spiro atoms. The lowest BCUT2D eigenvalue weighted by atomic mass is 9.77. The number of benzene rings is 2. The van der Waals surface area contributed by atoms with E-state index in [0.29, 0.717) is 23.6 Å². The normalized spacial score (nSPS) is 19.7. The highest BCUT2D eigenvalue weighted by Crippen LogP contribution is 2.41. The fraction of sp³-hybridized carbons (Fsp3) is 0.391. The average Bonchev–Trinajstić information content (AvgIpc) is 2.64. The fourth-order valence-electron chi connectivity index (χ4n) is 4.23. The third-order valence-electron chi connectivity index (χ3n) is 5.78. The minimum Gasteiger partial charge on any atom is -0.206 e. The van der Waals surface area contributed by atoms with Gasteiger partial charge in [-0.15, -0.1) is 6.58 Å². The van der Waals surface area contributed by atoms with Gasteiger partial charge in [0.25, 0.3) is 0 Å². The van der Waals surface area contributed by atoms with Crippen molar-refractivity contribution in [3.05, 3.63) is 71.3 Å². The number of hydrogen-bond acceptors (Lipinski definition) is 0. The highest BCUT2D eigenvalue weighted by Gasteiger charge is 2.38. The summed E-state index contributed by atoms with van der Waals surface area (Å²) in [5.41, 5.74) is -3.00. The largest absolute Gasteiger partial charge is 0.422 e. The summed E-state index contributed by atoms with van der Waals surface area (Å²) in [5, 5.41) is 0. The van der Waals surface area contributed by atoms with Gasteiger partial charge >= 0.3 is 6.18 Å². The zero-order valence-corrected chi connectivity index (χ0v) is 16.1. The summed E-state index contributed by atoms with van der Waals surface area (Å²) in [6, 6.07) is 2.83. The molecule has 2 aromatic carbocycles. The van der Waals surface area contributed by atoms with E-state index in [1.807, 2.05) is 6.08 Å². The summed E-state index contributed by atoms with van der Waals surface area (Å²) < 4.78 is 95.2. The molecule has 0 N–H and O–H groups in total. The molecule has 0 unspecified atom stereocenters. The van der Waals surface area contributed by atoms with Crippen molar-refractivity contribution in [3.8, 4) is 11.1 Å². The minimum absolute atomic E-state index is 0.0379. The van der Waals surface area contributed by atoms with Crippen LogP contribution in [0, 0.1) is 29.2 Å². The molecule has 2 aromatic rings. The lowest BCUT2D eigenvalue weighted by Gasteiger charge is -2.29. The third kappa shape index (κ3) is 4.71. The van der Waals surface area contributed by atoms with Crippen molar-refractivity contribution in [2.24, 2.45) is 5.92 Å². The first-order chi connectivity index (χ1) is 14.1. The van der Waals surface area contributed by atoms with Crippen LogP contribution in [0.3, 0.4) is 0 Å². The zero-order chi connectivity index (χ0) is 22.1. The first-order valence-electron chi connectivity index (χ1n) is 9.78. The molecule has 0 bridgehead atoms. The van der Waals surface area contributed by atoms with Crippen molar-refractivity contribution in [1.29, 1.82) is 0 Å². The van der Waals surface area contributed by atoms with E-state index >= 15 is 0 Å². The van der Waals surface area contributed by atoms with Crippen molar-refractivity contribution in [3.63, 3.8) is 0 Å². The van der Waals surface area contributed by atoms with Gasteiger partial charge in [0.15, 0.2) is 0 Å². The second kappa shape index (κ2) is 8.82. The summed E-state index contributed by atoms with van der Waals surface area (Å²) in [6.07, 6.45) is 1.96. The highest BCUT2D eigenvalue weighted by molar-refractivity contribution is 5.66. The van der Waals surface area contributed by atoms with E-state index < -0.39 is 46.1 Å². The van der Waals surface area contributed by atoms with Gasteiger partial charge in [-0.1, -0.05) is 6.08 Å². The molecule has 30 heavy (non-hydrogen) atoms. The Kier molecular flexibility index (Phi) is 6.58. The molecule has 7 heteroatoms. The predicted octanol–water partition coefficient (Wildman–Crippen LogP) is 8.17. The van der Waals surface area contributed by atoms with Crippen LogP contribution in [-0.4, -0.2) is 0 Å². The molecular formula is C23H21F7. The monoisotopic (exact) mass is 430 g/mol. The molecule has 0 nitrogen and oxygen atoms in total. The van der Waals surface area contributed by atoms with Gasteiger partial charge in [-0.2, -0.15) is 13.2 Å².